The molecule has 2 rings (SSSR count). The molecule has 0 spiro atoms. The lowest BCUT2D eigenvalue weighted by molar-refractivity contribution is -0.120. The van der Waals surface area contributed by atoms with Crippen LogP contribution >= 0.6 is 27.3 Å². The molecule has 0 unspecified atom stereocenters. The van der Waals surface area contributed by atoms with E-state index in [9.17, 15) is 9.59 Å². The Morgan fingerprint density at radius 3 is 2.70 bits per heavy atom. The number of carbonyl (C=O) groups excluding carboxylic acids is 2. The molecule has 1 aromatic heterocycles. The van der Waals surface area contributed by atoms with Crippen molar-refractivity contribution in [3.05, 3.63) is 20.8 Å². The van der Waals surface area contributed by atoms with Crippen molar-refractivity contribution < 1.29 is 14.3 Å². The predicted molar refractivity (Wildman–Crippen MR) is 93.9 cm³/mol. The van der Waals surface area contributed by atoms with E-state index in [0.29, 0.717) is 11.4 Å². The van der Waals surface area contributed by atoms with Crippen molar-refractivity contribution in [2.24, 2.45) is 0 Å². The van der Waals surface area contributed by atoms with E-state index in [1.54, 1.807) is 6.07 Å². The molecule has 1 aliphatic rings. The van der Waals surface area contributed by atoms with E-state index in [0.717, 1.165) is 49.5 Å². The van der Waals surface area contributed by atoms with Crippen molar-refractivity contribution in [3.8, 4) is 0 Å². The quantitative estimate of drug-likeness (QED) is 0.644. The van der Waals surface area contributed by atoms with Gasteiger partial charge in [0, 0.05) is 19.6 Å². The Labute approximate surface area is 148 Å². The topological polar surface area (TPSA) is 70.7 Å². The second kappa shape index (κ2) is 10.0. The van der Waals surface area contributed by atoms with Gasteiger partial charge >= 0.3 is 0 Å². The molecular formula is C15H22BrN3O3S. The largest absolute Gasteiger partial charge is 0.379 e. The minimum absolute atomic E-state index is 0.0117. The first kappa shape index (κ1) is 18.4. The van der Waals surface area contributed by atoms with E-state index in [1.807, 2.05) is 6.07 Å². The number of halogens is 1. The van der Waals surface area contributed by atoms with Gasteiger partial charge in [0.2, 0.25) is 5.91 Å². The second-order valence-electron chi connectivity index (χ2n) is 5.30. The smallest absolute Gasteiger partial charge is 0.261 e. The summed E-state index contributed by atoms with van der Waals surface area (Å²) in [5, 5.41) is 5.45. The molecule has 1 aliphatic heterocycles. The number of hydrogen-bond acceptors (Lipinski definition) is 5. The highest BCUT2D eigenvalue weighted by Gasteiger charge is 2.11. The SMILES string of the molecule is O=C(CNC(=O)c1ccc(Br)s1)NCCCCN1CCOCC1. The average Bonchev–Trinajstić information content (AvgIpc) is 3.00. The Balaban J connectivity index is 1.50. The minimum atomic E-state index is -0.219. The highest BCUT2D eigenvalue weighted by atomic mass is 79.9. The maximum atomic E-state index is 11.8. The number of amides is 2. The van der Waals surface area contributed by atoms with E-state index in [-0.39, 0.29) is 18.4 Å². The van der Waals surface area contributed by atoms with Gasteiger partial charge in [0.05, 0.1) is 28.4 Å². The number of nitrogens with zero attached hydrogens (tertiary/aromatic N) is 1. The zero-order chi connectivity index (χ0) is 16.5. The van der Waals surface area contributed by atoms with Crippen LogP contribution in [0, 0.1) is 0 Å². The molecule has 0 aromatic carbocycles. The summed E-state index contributed by atoms with van der Waals surface area (Å²) in [5.41, 5.74) is 0. The summed E-state index contributed by atoms with van der Waals surface area (Å²) in [6, 6.07) is 3.54. The molecule has 128 valence electrons. The fraction of sp³-hybridized carbons (Fsp3) is 0.600. The van der Waals surface area contributed by atoms with E-state index in [4.69, 9.17) is 4.74 Å². The Kier molecular flexibility index (Phi) is 8.01. The van der Waals surface area contributed by atoms with Gasteiger partial charge in [0.1, 0.15) is 0 Å². The van der Waals surface area contributed by atoms with Crippen LogP contribution in [0.15, 0.2) is 15.9 Å². The van der Waals surface area contributed by atoms with Crippen molar-refractivity contribution in [3.63, 3.8) is 0 Å². The highest BCUT2D eigenvalue weighted by molar-refractivity contribution is 9.11. The number of ether oxygens (including phenoxy) is 1. The lowest BCUT2D eigenvalue weighted by Gasteiger charge is -2.26. The van der Waals surface area contributed by atoms with E-state index in [1.165, 1.54) is 11.3 Å². The first-order valence-electron chi connectivity index (χ1n) is 7.75. The molecule has 1 fully saturated rings. The zero-order valence-electron chi connectivity index (χ0n) is 13.0. The normalized spacial score (nSPS) is 15.3. The van der Waals surface area contributed by atoms with Crippen LogP contribution in [0.5, 0.6) is 0 Å². The summed E-state index contributed by atoms with van der Waals surface area (Å²) in [5.74, 6) is -0.372. The molecule has 0 radical (unpaired) electrons. The Hall–Kier alpha value is -0.960. The fourth-order valence-corrected chi connectivity index (χ4v) is 3.56. The summed E-state index contributed by atoms with van der Waals surface area (Å²) in [6.45, 7) is 5.33. The second-order valence-corrected chi connectivity index (χ2v) is 7.76. The maximum absolute atomic E-state index is 11.8. The van der Waals surface area contributed by atoms with Crippen molar-refractivity contribution >= 4 is 39.1 Å². The summed E-state index contributed by atoms with van der Waals surface area (Å²) in [4.78, 5) is 26.5. The summed E-state index contributed by atoms with van der Waals surface area (Å²) in [7, 11) is 0. The first-order valence-corrected chi connectivity index (χ1v) is 9.36. The molecule has 0 atom stereocenters. The molecular weight excluding hydrogens is 382 g/mol. The van der Waals surface area contributed by atoms with E-state index < -0.39 is 0 Å². The monoisotopic (exact) mass is 403 g/mol. The number of hydrogen-bond donors (Lipinski definition) is 2. The molecule has 0 saturated carbocycles. The van der Waals surface area contributed by atoms with Gasteiger partial charge in [-0.15, -0.1) is 11.3 Å². The summed E-state index contributed by atoms with van der Waals surface area (Å²) >= 11 is 4.65. The van der Waals surface area contributed by atoms with Crippen LogP contribution in [0.2, 0.25) is 0 Å². The number of carbonyl (C=O) groups is 2. The molecule has 1 saturated heterocycles. The van der Waals surface area contributed by atoms with Crippen LogP contribution < -0.4 is 10.6 Å². The maximum Gasteiger partial charge on any atom is 0.261 e. The van der Waals surface area contributed by atoms with Gasteiger partial charge in [-0.25, -0.2) is 0 Å². The van der Waals surface area contributed by atoms with Crippen LogP contribution in [0.3, 0.4) is 0 Å². The number of morpholine rings is 1. The van der Waals surface area contributed by atoms with Crippen molar-refractivity contribution in [2.75, 3.05) is 45.9 Å². The standard InChI is InChI=1S/C15H22BrN3O3S/c16-13-4-3-12(23-13)15(21)18-11-14(20)17-5-1-2-6-19-7-9-22-10-8-19/h3-4H,1-2,5-11H2,(H,17,20)(H,18,21). The minimum Gasteiger partial charge on any atom is -0.379 e. The molecule has 23 heavy (non-hydrogen) atoms. The average molecular weight is 404 g/mol. The van der Waals surface area contributed by atoms with Gasteiger partial charge in [-0.2, -0.15) is 0 Å². The van der Waals surface area contributed by atoms with Crippen LogP contribution in [0.25, 0.3) is 0 Å². The zero-order valence-corrected chi connectivity index (χ0v) is 15.4. The number of thiophene rings is 1. The Morgan fingerprint density at radius 1 is 1.22 bits per heavy atom. The van der Waals surface area contributed by atoms with Crippen molar-refractivity contribution in [1.82, 2.24) is 15.5 Å². The van der Waals surface area contributed by atoms with Crippen LogP contribution in [-0.4, -0.2) is 62.7 Å². The van der Waals surface area contributed by atoms with Gasteiger partial charge < -0.3 is 15.4 Å². The molecule has 8 heteroatoms. The Morgan fingerprint density at radius 2 is 2.00 bits per heavy atom. The third-order valence-electron chi connectivity index (χ3n) is 3.53. The predicted octanol–water partition coefficient (Wildman–Crippen LogP) is 1.47. The summed E-state index contributed by atoms with van der Waals surface area (Å²) < 4.78 is 6.20. The van der Waals surface area contributed by atoms with E-state index >= 15 is 0 Å². The van der Waals surface area contributed by atoms with Gasteiger partial charge in [0.25, 0.3) is 5.91 Å². The third kappa shape index (κ3) is 6.99. The van der Waals surface area contributed by atoms with Gasteiger partial charge in [-0.1, -0.05) is 0 Å². The van der Waals surface area contributed by atoms with Gasteiger partial charge in [-0.05, 0) is 47.4 Å². The van der Waals surface area contributed by atoms with Crippen molar-refractivity contribution in [1.29, 1.82) is 0 Å². The Bertz CT molecular complexity index is 518. The number of nitrogens with one attached hydrogen (secondary N) is 2. The number of unbranched alkanes of at least 4 members (excludes halogenated alkanes) is 1. The van der Waals surface area contributed by atoms with Crippen molar-refractivity contribution in [2.45, 2.75) is 12.8 Å². The first-order chi connectivity index (χ1) is 11.1. The molecule has 2 N–H and O–H groups in total. The molecule has 1 aromatic rings. The molecule has 2 amide bonds. The highest BCUT2D eigenvalue weighted by Crippen LogP contribution is 2.21. The lowest BCUT2D eigenvalue weighted by Crippen LogP contribution is -2.38. The fourth-order valence-electron chi connectivity index (χ4n) is 2.26. The summed E-state index contributed by atoms with van der Waals surface area (Å²) in [6.07, 6.45) is 1.99. The third-order valence-corrected chi connectivity index (χ3v) is 5.16. The number of rotatable bonds is 8. The molecule has 2 heterocycles. The molecule has 6 nitrogen and oxygen atoms in total. The van der Waals surface area contributed by atoms with E-state index in [2.05, 4.69) is 31.5 Å². The van der Waals surface area contributed by atoms with Crippen LogP contribution in [0.1, 0.15) is 22.5 Å². The van der Waals surface area contributed by atoms with Gasteiger partial charge in [-0.3, -0.25) is 14.5 Å². The van der Waals surface area contributed by atoms with Gasteiger partial charge in [0.15, 0.2) is 0 Å². The van der Waals surface area contributed by atoms with Crippen LogP contribution in [0.4, 0.5) is 0 Å². The molecule has 0 aliphatic carbocycles. The molecule has 0 bridgehead atoms. The lowest BCUT2D eigenvalue weighted by atomic mass is 10.2. The van der Waals surface area contributed by atoms with Crippen LogP contribution in [-0.2, 0) is 9.53 Å².